The number of benzene rings is 1. The van der Waals surface area contributed by atoms with E-state index in [0.717, 1.165) is 38.0 Å². The van der Waals surface area contributed by atoms with Gasteiger partial charge in [-0.1, -0.05) is 41.7 Å². The van der Waals surface area contributed by atoms with Crippen molar-refractivity contribution in [2.24, 2.45) is 0 Å². The Morgan fingerprint density at radius 2 is 1.96 bits per heavy atom. The molecule has 6 heteroatoms. The Labute approximate surface area is 153 Å². The normalized spacial score (nSPS) is 18.1. The van der Waals surface area contributed by atoms with Crippen molar-refractivity contribution in [3.8, 4) is 0 Å². The number of piperidine rings is 1. The molecule has 5 nitrogen and oxygen atoms in total. The molecule has 3 rings (SSSR count). The quantitative estimate of drug-likeness (QED) is 0.806. The third-order valence-corrected chi connectivity index (χ3v) is 4.66. The molecule has 1 aliphatic rings. The van der Waals surface area contributed by atoms with Gasteiger partial charge in [0, 0.05) is 19.6 Å². The fourth-order valence-electron chi connectivity index (χ4n) is 3.06. The summed E-state index contributed by atoms with van der Waals surface area (Å²) in [6.07, 6.45) is 11.5. The van der Waals surface area contributed by atoms with E-state index in [9.17, 15) is 9.50 Å². The van der Waals surface area contributed by atoms with Crippen molar-refractivity contribution >= 4 is 6.08 Å². The molecule has 1 aliphatic heterocycles. The number of aromatic nitrogens is 3. The van der Waals surface area contributed by atoms with E-state index in [-0.39, 0.29) is 5.82 Å². The van der Waals surface area contributed by atoms with Gasteiger partial charge >= 0.3 is 0 Å². The summed E-state index contributed by atoms with van der Waals surface area (Å²) >= 11 is 0. The van der Waals surface area contributed by atoms with Crippen LogP contribution in [0.2, 0.25) is 0 Å². The molecule has 0 radical (unpaired) electrons. The summed E-state index contributed by atoms with van der Waals surface area (Å²) in [6.45, 7) is 4.64. The lowest BCUT2D eigenvalue weighted by Crippen LogP contribution is -2.34. The summed E-state index contributed by atoms with van der Waals surface area (Å²) in [6, 6.07) is 6.81. The second-order valence-corrected chi connectivity index (χ2v) is 6.67. The molecule has 0 aliphatic carbocycles. The molecule has 1 atom stereocenters. The van der Waals surface area contributed by atoms with Crippen molar-refractivity contribution < 1.29 is 9.50 Å². The third kappa shape index (κ3) is 5.09. The van der Waals surface area contributed by atoms with Crippen LogP contribution in [0.15, 0.2) is 48.7 Å². The lowest BCUT2D eigenvalue weighted by Gasteiger charge is -2.30. The smallest absolute Gasteiger partial charge is 0.123 e. The Morgan fingerprint density at radius 1 is 1.23 bits per heavy atom. The number of rotatable bonds is 6. The van der Waals surface area contributed by atoms with E-state index >= 15 is 0 Å². The van der Waals surface area contributed by atoms with E-state index in [1.807, 2.05) is 29.1 Å². The molecule has 0 amide bonds. The maximum Gasteiger partial charge on any atom is 0.123 e. The number of aliphatic hydroxyl groups excluding tert-OH is 1. The average Bonchev–Trinajstić information content (AvgIpc) is 3.14. The Bertz CT molecular complexity index is 743. The van der Waals surface area contributed by atoms with E-state index in [4.69, 9.17) is 0 Å². The van der Waals surface area contributed by atoms with E-state index in [1.54, 1.807) is 19.1 Å². The van der Waals surface area contributed by atoms with Gasteiger partial charge in [-0.05, 0) is 37.5 Å². The van der Waals surface area contributed by atoms with Gasteiger partial charge in [0.25, 0.3) is 0 Å². The standard InChI is InChI=1S/C20H25FN4O/c1-16(26)20-15-25(23-22-20)19-10-13-24(14-11-19)12-4-2-3-5-17-6-8-18(21)9-7-17/h2-9,15-16,19,26H,10-14H2,1H3. The minimum Gasteiger partial charge on any atom is -0.387 e. The Hall–Kier alpha value is -2.31. The summed E-state index contributed by atoms with van der Waals surface area (Å²) in [4.78, 5) is 2.41. The van der Waals surface area contributed by atoms with Crippen LogP contribution in [0, 0.1) is 5.82 Å². The largest absolute Gasteiger partial charge is 0.387 e. The van der Waals surface area contributed by atoms with Crippen molar-refractivity contribution in [1.29, 1.82) is 0 Å². The van der Waals surface area contributed by atoms with Crippen molar-refractivity contribution in [2.45, 2.75) is 31.9 Å². The average molecular weight is 356 g/mol. The number of halogens is 1. The van der Waals surface area contributed by atoms with Crippen LogP contribution in [0.4, 0.5) is 4.39 Å². The molecule has 0 spiro atoms. The predicted molar refractivity (Wildman–Crippen MR) is 99.9 cm³/mol. The van der Waals surface area contributed by atoms with Crippen molar-refractivity contribution in [2.75, 3.05) is 19.6 Å². The summed E-state index contributed by atoms with van der Waals surface area (Å²) in [5, 5.41) is 17.7. The molecule has 1 N–H and O–H groups in total. The highest BCUT2D eigenvalue weighted by Gasteiger charge is 2.21. The number of aliphatic hydroxyl groups is 1. The molecular weight excluding hydrogens is 331 g/mol. The summed E-state index contributed by atoms with van der Waals surface area (Å²) in [7, 11) is 0. The second-order valence-electron chi connectivity index (χ2n) is 6.67. The van der Waals surface area contributed by atoms with Gasteiger partial charge in [-0.25, -0.2) is 9.07 Å². The highest BCUT2D eigenvalue weighted by Crippen LogP contribution is 2.22. The highest BCUT2D eigenvalue weighted by atomic mass is 19.1. The fourth-order valence-corrected chi connectivity index (χ4v) is 3.06. The molecule has 26 heavy (non-hydrogen) atoms. The van der Waals surface area contributed by atoms with Crippen molar-refractivity contribution in [3.05, 3.63) is 65.8 Å². The van der Waals surface area contributed by atoms with Gasteiger partial charge in [0.1, 0.15) is 11.5 Å². The van der Waals surface area contributed by atoms with Crippen LogP contribution in [0.1, 0.15) is 43.2 Å². The molecule has 1 saturated heterocycles. The monoisotopic (exact) mass is 356 g/mol. The van der Waals surface area contributed by atoms with E-state index in [2.05, 4.69) is 21.3 Å². The summed E-state index contributed by atoms with van der Waals surface area (Å²) in [5.74, 6) is -0.214. The second kappa shape index (κ2) is 8.87. The van der Waals surface area contributed by atoms with Gasteiger partial charge in [0.15, 0.2) is 0 Å². The maximum atomic E-state index is 12.8. The molecule has 0 bridgehead atoms. The van der Waals surface area contributed by atoms with Gasteiger partial charge in [0.2, 0.25) is 0 Å². The zero-order chi connectivity index (χ0) is 18.4. The van der Waals surface area contributed by atoms with Gasteiger partial charge in [-0.15, -0.1) is 5.10 Å². The third-order valence-electron chi connectivity index (χ3n) is 4.66. The maximum absolute atomic E-state index is 12.8. The van der Waals surface area contributed by atoms with Gasteiger partial charge in [-0.2, -0.15) is 0 Å². The van der Waals surface area contributed by atoms with Crippen LogP contribution in [-0.2, 0) is 0 Å². The molecule has 1 aromatic heterocycles. The number of nitrogens with zero attached hydrogens (tertiary/aromatic N) is 4. The van der Waals surface area contributed by atoms with Crippen LogP contribution < -0.4 is 0 Å². The molecule has 138 valence electrons. The van der Waals surface area contributed by atoms with E-state index in [1.165, 1.54) is 12.1 Å². The first-order valence-corrected chi connectivity index (χ1v) is 9.03. The topological polar surface area (TPSA) is 54.2 Å². The Morgan fingerprint density at radius 3 is 2.62 bits per heavy atom. The minimum atomic E-state index is -0.572. The highest BCUT2D eigenvalue weighted by molar-refractivity contribution is 5.50. The fraction of sp³-hybridized carbons (Fsp3) is 0.400. The minimum absolute atomic E-state index is 0.214. The first kappa shape index (κ1) is 18.5. The molecule has 0 saturated carbocycles. The van der Waals surface area contributed by atoms with Crippen molar-refractivity contribution in [3.63, 3.8) is 0 Å². The number of likely N-dealkylation sites (tertiary alicyclic amines) is 1. The number of hydrogen-bond donors (Lipinski definition) is 1. The molecular formula is C20H25FN4O. The van der Waals surface area contributed by atoms with Crippen molar-refractivity contribution in [1.82, 2.24) is 19.9 Å². The SMILES string of the molecule is CC(O)c1cn(C2CCN(CC=CC=Cc3ccc(F)cc3)CC2)nn1. The van der Waals surface area contributed by atoms with E-state index in [0.29, 0.717) is 11.7 Å². The van der Waals surface area contributed by atoms with Crippen LogP contribution in [0.25, 0.3) is 6.08 Å². The van der Waals surface area contributed by atoms with Gasteiger partial charge in [0.05, 0.1) is 18.3 Å². The lowest BCUT2D eigenvalue weighted by molar-refractivity contribution is 0.191. The number of hydrogen-bond acceptors (Lipinski definition) is 4. The predicted octanol–water partition coefficient (Wildman–Crippen LogP) is 3.38. The molecule has 1 fully saturated rings. The van der Waals surface area contributed by atoms with Crippen LogP contribution in [-0.4, -0.2) is 44.6 Å². The summed E-state index contributed by atoms with van der Waals surface area (Å²) in [5.41, 5.74) is 1.62. The molecule has 2 aromatic rings. The Balaban J connectivity index is 1.41. The van der Waals surface area contributed by atoms with Crippen LogP contribution >= 0.6 is 0 Å². The first-order valence-electron chi connectivity index (χ1n) is 9.03. The Kier molecular flexibility index (Phi) is 6.30. The van der Waals surface area contributed by atoms with Gasteiger partial charge < -0.3 is 5.11 Å². The zero-order valence-electron chi connectivity index (χ0n) is 15.0. The summed E-state index contributed by atoms with van der Waals surface area (Å²) < 4.78 is 14.7. The zero-order valence-corrected chi connectivity index (χ0v) is 15.0. The number of allylic oxidation sites excluding steroid dienone is 2. The molecule has 1 unspecified atom stereocenters. The van der Waals surface area contributed by atoms with Crippen LogP contribution in [0.5, 0.6) is 0 Å². The molecule has 1 aromatic carbocycles. The molecule has 2 heterocycles. The first-order chi connectivity index (χ1) is 12.6. The lowest BCUT2D eigenvalue weighted by atomic mass is 10.1. The van der Waals surface area contributed by atoms with Gasteiger partial charge in [-0.3, -0.25) is 4.90 Å². The van der Waals surface area contributed by atoms with E-state index < -0.39 is 6.10 Å². The van der Waals surface area contributed by atoms with Crippen LogP contribution in [0.3, 0.4) is 0 Å².